The Bertz CT molecular complexity index is 205. The van der Waals surface area contributed by atoms with Crippen molar-refractivity contribution in [2.75, 3.05) is 0 Å². The summed E-state index contributed by atoms with van der Waals surface area (Å²) in [6.07, 6.45) is 0. The average Bonchev–Trinajstić information content (AvgIpc) is 2.10. The molecular weight excluding hydrogens is 240 g/mol. The topological polar surface area (TPSA) is 23.8 Å². The number of hydrogen-bond acceptors (Lipinski definition) is 1. The Morgan fingerprint density at radius 2 is 1.70 bits per heavy atom. The van der Waals surface area contributed by atoms with Gasteiger partial charge in [-0.15, -0.1) is 0 Å². The molecular formula is C7H5ClNPd. The summed E-state index contributed by atoms with van der Waals surface area (Å²) in [6, 6.07) is 11.2. The van der Waals surface area contributed by atoms with E-state index in [0.29, 0.717) is 5.56 Å². The molecule has 0 N–H and O–H groups in total. The Hall–Kier alpha value is -0.338. The van der Waals surface area contributed by atoms with Gasteiger partial charge in [0.25, 0.3) is 0 Å². The average molecular weight is 245 g/mol. The quantitative estimate of drug-likeness (QED) is 0.643. The van der Waals surface area contributed by atoms with Crippen molar-refractivity contribution >= 4 is 9.53 Å². The monoisotopic (exact) mass is 244 g/mol. The molecule has 0 unspecified atom stereocenters. The molecule has 0 amide bonds. The molecule has 0 bridgehead atoms. The van der Waals surface area contributed by atoms with Gasteiger partial charge in [0.1, 0.15) is 0 Å². The van der Waals surface area contributed by atoms with Crippen molar-refractivity contribution in [3.05, 3.63) is 35.9 Å². The molecule has 1 rings (SSSR count). The predicted octanol–water partition coefficient (Wildman–Crippen LogP) is 2.25. The summed E-state index contributed by atoms with van der Waals surface area (Å²) in [5.41, 5.74) is 0.715. The Morgan fingerprint density at radius 1 is 1.20 bits per heavy atom. The number of nitriles is 1. The van der Waals surface area contributed by atoms with Gasteiger partial charge in [-0.05, 0) is 12.1 Å². The van der Waals surface area contributed by atoms with Gasteiger partial charge in [-0.25, -0.2) is 0 Å². The van der Waals surface area contributed by atoms with Crippen LogP contribution in [0, 0.1) is 11.3 Å². The van der Waals surface area contributed by atoms with E-state index >= 15 is 0 Å². The molecule has 0 atom stereocenters. The second kappa shape index (κ2) is 6.78. The van der Waals surface area contributed by atoms with E-state index in [1.807, 2.05) is 24.3 Å². The summed E-state index contributed by atoms with van der Waals surface area (Å²) in [7, 11) is 4.49. The molecule has 3 heteroatoms. The molecule has 0 fully saturated rings. The second-order valence-corrected chi connectivity index (χ2v) is 1.48. The molecule has 1 aromatic rings. The molecule has 0 heterocycles. The first-order chi connectivity index (χ1) is 4.93. The molecule has 0 saturated heterocycles. The van der Waals surface area contributed by atoms with Crippen LogP contribution in [0.25, 0.3) is 0 Å². The van der Waals surface area contributed by atoms with Gasteiger partial charge >= 0.3 is 27.7 Å². The molecule has 0 saturated carbocycles. The van der Waals surface area contributed by atoms with Gasteiger partial charge in [0, 0.05) is 0 Å². The zero-order valence-corrected chi connectivity index (χ0v) is 7.34. The van der Waals surface area contributed by atoms with Crippen LogP contribution in [0.15, 0.2) is 30.3 Å². The summed E-state index contributed by atoms with van der Waals surface area (Å²) in [5, 5.41) is 8.29. The van der Waals surface area contributed by atoms with Crippen molar-refractivity contribution in [3.8, 4) is 6.07 Å². The van der Waals surface area contributed by atoms with Gasteiger partial charge in [-0.3, -0.25) is 0 Å². The van der Waals surface area contributed by atoms with E-state index < -0.39 is 0 Å². The maximum atomic E-state index is 8.29. The van der Waals surface area contributed by atoms with E-state index in [2.05, 4.69) is 27.7 Å². The third-order valence-electron chi connectivity index (χ3n) is 0.903. The van der Waals surface area contributed by atoms with Crippen LogP contribution in [0.2, 0.25) is 0 Å². The standard InChI is InChI=1S/C7H5N.ClH.Pd/c8-6-7-4-2-1-3-5-7;;/h1-5H;1H;/q;;+1/p-1. The molecule has 1 nitrogen and oxygen atoms in total. The van der Waals surface area contributed by atoms with Crippen LogP contribution in [-0.4, -0.2) is 0 Å². The fraction of sp³-hybridized carbons (Fsp3) is 0. The fourth-order valence-electron chi connectivity index (χ4n) is 0.513. The molecule has 0 aliphatic heterocycles. The van der Waals surface area contributed by atoms with Gasteiger partial charge in [-0.2, -0.15) is 5.26 Å². The zero-order chi connectivity index (χ0) is 7.82. The van der Waals surface area contributed by atoms with E-state index in [-0.39, 0.29) is 0 Å². The summed E-state index contributed by atoms with van der Waals surface area (Å²) in [4.78, 5) is 0. The zero-order valence-electron chi connectivity index (χ0n) is 5.03. The van der Waals surface area contributed by atoms with E-state index in [4.69, 9.17) is 5.26 Å². The summed E-state index contributed by atoms with van der Waals surface area (Å²) >= 11 is 2.22. The number of halogens is 1. The van der Waals surface area contributed by atoms with Gasteiger partial charge in [0.2, 0.25) is 0 Å². The Kier molecular flexibility index (Phi) is 6.55. The van der Waals surface area contributed by atoms with E-state index in [1.54, 1.807) is 12.1 Å². The van der Waals surface area contributed by atoms with Crippen LogP contribution in [0.1, 0.15) is 5.56 Å². The molecule has 55 valence electrons. The van der Waals surface area contributed by atoms with Gasteiger partial charge in [0.05, 0.1) is 11.6 Å². The third-order valence-corrected chi connectivity index (χ3v) is 0.903. The maximum absolute atomic E-state index is 8.29. The molecule has 0 aliphatic carbocycles. The van der Waals surface area contributed by atoms with Crippen LogP contribution in [0.3, 0.4) is 0 Å². The Balaban J connectivity index is 0.000000371. The predicted molar refractivity (Wildman–Crippen MR) is 37.0 cm³/mol. The molecule has 0 spiro atoms. The van der Waals surface area contributed by atoms with Crippen molar-refractivity contribution in [3.63, 3.8) is 0 Å². The number of nitrogens with zero attached hydrogens (tertiary/aromatic N) is 1. The van der Waals surface area contributed by atoms with Crippen LogP contribution in [0.5, 0.6) is 0 Å². The van der Waals surface area contributed by atoms with Crippen LogP contribution in [-0.2, 0) is 18.2 Å². The first-order valence-corrected chi connectivity index (χ1v) is 4.51. The molecule has 0 aliphatic rings. The van der Waals surface area contributed by atoms with Crippen molar-refractivity contribution in [2.45, 2.75) is 0 Å². The van der Waals surface area contributed by atoms with Gasteiger partial charge in [0.15, 0.2) is 0 Å². The van der Waals surface area contributed by atoms with Gasteiger partial charge in [-0.1, -0.05) is 18.2 Å². The van der Waals surface area contributed by atoms with Crippen LogP contribution < -0.4 is 0 Å². The van der Waals surface area contributed by atoms with E-state index in [1.165, 1.54) is 0 Å². The minimum absolute atomic E-state index is 0.715. The molecule has 0 radical (unpaired) electrons. The van der Waals surface area contributed by atoms with Gasteiger partial charge < -0.3 is 0 Å². The van der Waals surface area contributed by atoms with Crippen molar-refractivity contribution < 1.29 is 18.2 Å². The molecule has 1 aromatic carbocycles. The number of hydrogen-bond donors (Lipinski definition) is 0. The third kappa shape index (κ3) is 3.64. The Labute approximate surface area is 75.0 Å². The molecule has 0 aromatic heterocycles. The molecule has 10 heavy (non-hydrogen) atoms. The van der Waals surface area contributed by atoms with Crippen molar-refractivity contribution in [2.24, 2.45) is 0 Å². The van der Waals surface area contributed by atoms with E-state index in [9.17, 15) is 0 Å². The second-order valence-electron chi connectivity index (χ2n) is 1.48. The summed E-state index contributed by atoms with van der Waals surface area (Å²) < 4.78 is 0. The van der Waals surface area contributed by atoms with Crippen molar-refractivity contribution in [1.29, 1.82) is 5.26 Å². The number of benzene rings is 1. The summed E-state index contributed by atoms with van der Waals surface area (Å²) in [6.45, 7) is 0. The fourth-order valence-corrected chi connectivity index (χ4v) is 0.513. The van der Waals surface area contributed by atoms with Crippen LogP contribution in [0.4, 0.5) is 0 Å². The number of rotatable bonds is 0. The van der Waals surface area contributed by atoms with E-state index in [0.717, 1.165) is 0 Å². The first-order valence-electron chi connectivity index (χ1n) is 2.50. The van der Waals surface area contributed by atoms with Crippen molar-refractivity contribution in [1.82, 2.24) is 0 Å². The SMILES string of the molecule is N#Cc1ccccc1.[Cl][Pd]. The minimum atomic E-state index is 0.715. The normalized spacial score (nSPS) is 7.00. The first kappa shape index (κ1) is 9.66. The Morgan fingerprint density at radius 3 is 2.00 bits per heavy atom. The summed E-state index contributed by atoms with van der Waals surface area (Å²) in [5.74, 6) is 0. The van der Waals surface area contributed by atoms with Crippen LogP contribution >= 0.6 is 9.53 Å².